The maximum absolute atomic E-state index is 4.74. The number of aromatic amines is 1. The van der Waals surface area contributed by atoms with E-state index >= 15 is 0 Å². The van der Waals surface area contributed by atoms with Crippen LogP contribution in [0.5, 0.6) is 0 Å². The molecule has 5 rings (SSSR count). The third-order valence-electron chi connectivity index (χ3n) is 6.51. The number of likely N-dealkylation sites (tertiary alicyclic amines) is 1. The van der Waals surface area contributed by atoms with Crippen molar-refractivity contribution in [2.24, 2.45) is 0 Å². The third kappa shape index (κ3) is 4.04. The zero-order valence-electron chi connectivity index (χ0n) is 19.3. The van der Waals surface area contributed by atoms with E-state index < -0.39 is 0 Å². The molecular formula is C24H31N7S. The van der Waals surface area contributed by atoms with Crippen LogP contribution in [-0.4, -0.2) is 40.7 Å². The first-order valence-corrected chi connectivity index (χ1v) is 12.2. The minimum atomic E-state index is 0.238. The number of piperidine rings is 1. The topological polar surface area (TPSA) is 74.1 Å². The van der Waals surface area contributed by atoms with Crippen molar-refractivity contribution in [3.05, 3.63) is 47.8 Å². The molecule has 168 valence electrons. The highest BCUT2D eigenvalue weighted by Crippen LogP contribution is 2.31. The molecule has 0 unspecified atom stereocenters. The van der Waals surface area contributed by atoms with Crippen LogP contribution in [0.1, 0.15) is 57.1 Å². The van der Waals surface area contributed by atoms with Gasteiger partial charge < -0.3 is 10.3 Å². The average Bonchev–Trinajstić information content (AvgIpc) is 3.49. The van der Waals surface area contributed by atoms with E-state index in [0.717, 1.165) is 58.6 Å². The van der Waals surface area contributed by atoms with Crippen LogP contribution in [0.4, 0.5) is 10.8 Å². The van der Waals surface area contributed by atoms with E-state index in [4.69, 9.17) is 9.36 Å². The van der Waals surface area contributed by atoms with Crippen LogP contribution in [-0.2, 0) is 13.0 Å². The van der Waals surface area contributed by atoms with E-state index in [0.29, 0.717) is 0 Å². The van der Waals surface area contributed by atoms with E-state index in [1.165, 1.54) is 36.5 Å². The van der Waals surface area contributed by atoms with E-state index in [9.17, 15) is 0 Å². The van der Waals surface area contributed by atoms with Gasteiger partial charge in [-0.25, -0.2) is 9.97 Å². The van der Waals surface area contributed by atoms with E-state index in [-0.39, 0.29) is 5.54 Å². The predicted molar refractivity (Wildman–Crippen MR) is 131 cm³/mol. The zero-order valence-corrected chi connectivity index (χ0v) is 20.1. The Morgan fingerprint density at radius 2 is 2.12 bits per heavy atom. The van der Waals surface area contributed by atoms with Crippen LogP contribution in [0.15, 0.2) is 30.7 Å². The number of aryl methyl sites for hydroxylation is 2. The number of anilines is 2. The second-order valence-electron chi connectivity index (χ2n) is 9.33. The first kappa shape index (κ1) is 21.2. The summed E-state index contributed by atoms with van der Waals surface area (Å²) in [6, 6.07) is 4.34. The molecule has 32 heavy (non-hydrogen) atoms. The van der Waals surface area contributed by atoms with Crippen LogP contribution < -0.4 is 5.32 Å². The molecule has 0 atom stereocenters. The molecule has 0 saturated carbocycles. The first-order valence-electron chi connectivity index (χ1n) is 11.4. The molecule has 1 aliphatic rings. The number of H-pyrrole nitrogens is 1. The minimum absolute atomic E-state index is 0.238. The molecular weight excluding hydrogens is 418 g/mol. The second-order valence-corrected chi connectivity index (χ2v) is 10.1. The molecule has 0 aliphatic carbocycles. The van der Waals surface area contributed by atoms with Crippen molar-refractivity contribution in [2.45, 2.75) is 65.5 Å². The smallest absolute Gasteiger partial charge is 0.180 e. The number of hydrogen-bond donors (Lipinski definition) is 2. The van der Waals surface area contributed by atoms with Gasteiger partial charge in [-0.2, -0.15) is 4.37 Å². The van der Waals surface area contributed by atoms with Crippen LogP contribution in [0.25, 0.3) is 16.9 Å². The Bertz CT molecular complexity index is 1230. The molecule has 0 aromatic carbocycles. The largest absolute Gasteiger partial charge is 0.364 e. The number of nitrogens with one attached hydrogen (secondary N) is 2. The summed E-state index contributed by atoms with van der Waals surface area (Å²) in [5.41, 5.74) is 6.51. The number of aromatic nitrogens is 5. The van der Waals surface area contributed by atoms with Gasteiger partial charge in [0.15, 0.2) is 11.5 Å². The van der Waals surface area contributed by atoms with Gasteiger partial charge in [0.05, 0.1) is 23.3 Å². The van der Waals surface area contributed by atoms with Crippen molar-refractivity contribution >= 4 is 28.0 Å². The van der Waals surface area contributed by atoms with Crippen molar-refractivity contribution in [1.82, 2.24) is 28.6 Å². The van der Waals surface area contributed by atoms with Crippen LogP contribution in [0.3, 0.4) is 0 Å². The monoisotopic (exact) mass is 449 g/mol. The van der Waals surface area contributed by atoms with Crippen molar-refractivity contribution in [1.29, 1.82) is 0 Å². The molecule has 8 heteroatoms. The van der Waals surface area contributed by atoms with Gasteiger partial charge in [-0.1, -0.05) is 13.3 Å². The van der Waals surface area contributed by atoms with Gasteiger partial charge in [-0.15, -0.1) is 0 Å². The molecule has 1 saturated heterocycles. The van der Waals surface area contributed by atoms with Gasteiger partial charge in [0.2, 0.25) is 0 Å². The fourth-order valence-electron chi connectivity index (χ4n) is 4.57. The number of nitrogens with zero attached hydrogens (tertiary/aromatic N) is 5. The highest BCUT2D eigenvalue weighted by atomic mass is 32.1. The standard InChI is InChI=1S/C24H31N7S/c1-5-18-10-17(12-25-18)20-13-26-23-22(27-16(2)14-31(20)23)28-21-11-19(29-32-21)15-30-9-7-6-8-24(30,3)4/h10-14,25H,5-9,15H2,1-4H3,(H,27,28). The lowest BCUT2D eigenvalue weighted by Gasteiger charge is -2.42. The molecule has 2 N–H and O–H groups in total. The molecule has 7 nitrogen and oxygen atoms in total. The molecule has 5 heterocycles. The number of hydrogen-bond acceptors (Lipinski definition) is 6. The lowest BCUT2D eigenvalue weighted by Crippen LogP contribution is -2.46. The molecule has 4 aromatic rings. The van der Waals surface area contributed by atoms with Crippen molar-refractivity contribution < 1.29 is 0 Å². The van der Waals surface area contributed by atoms with E-state index in [1.807, 2.05) is 25.5 Å². The number of fused-ring (bicyclic) bond motifs is 1. The summed E-state index contributed by atoms with van der Waals surface area (Å²) in [4.78, 5) is 15.3. The van der Waals surface area contributed by atoms with Gasteiger partial charge in [-0.05, 0) is 70.2 Å². The summed E-state index contributed by atoms with van der Waals surface area (Å²) in [7, 11) is 0. The van der Waals surface area contributed by atoms with Crippen LogP contribution in [0.2, 0.25) is 0 Å². The summed E-state index contributed by atoms with van der Waals surface area (Å²) >= 11 is 1.49. The molecule has 4 aromatic heterocycles. The summed E-state index contributed by atoms with van der Waals surface area (Å²) < 4.78 is 6.83. The van der Waals surface area contributed by atoms with Crippen molar-refractivity contribution in [3.8, 4) is 11.3 Å². The lowest BCUT2D eigenvalue weighted by molar-refractivity contribution is 0.0682. The average molecular weight is 450 g/mol. The second kappa shape index (κ2) is 8.33. The highest BCUT2D eigenvalue weighted by molar-refractivity contribution is 7.10. The fraction of sp³-hybridized carbons (Fsp3) is 0.458. The lowest BCUT2D eigenvalue weighted by atomic mass is 9.90. The molecule has 0 amide bonds. The number of imidazole rings is 1. The van der Waals surface area contributed by atoms with Crippen LogP contribution >= 0.6 is 11.5 Å². The number of rotatable bonds is 6. The maximum atomic E-state index is 4.74. The van der Waals surface area contributed by atoms with Gasteiger partial charge >= 0.3 is 0 Å². The molecule has 0 bridgehead atoms. The normalized spacial score (nSPS) is 16.6. The molecule has 0 spiro atoms. The third-order valence-corrected chi connectivity index (χ3v) is 7.25. The maximum Gasteiger partial charge on any atom is 0.180 e. The molecule has 1 fully saturated rings. The van der Waals surface area contributed by atoms with Crippen molar-refractivity contribution in [2.75, 3.05) is 11.9 Å². The Kier molecular flexibility index (Phi) is 5.51. The Hall–Kier alpha value is -2.71. The Morgan fingerprint density at radius 3 is 2.91 bits per heavy atom. The summed E-state index contributed by atoms with van der Waals surface area (Å²) in [6.07, 6.45) is 10.8. The summed E-state index contributed by atoms with van der Waals surface area (Å²) in [5, 5.41) is 4.48. The summed E-state index contributed by atoms with van der Waals surface area (Å²) in [6.45, 7) is 10.9. The Labute approximate surface area is 193 Å². The first-order chi connectivity index (χ1) is 15.4. The van der Waals surface area contributed by atoms with E-state index in [2.05, 4.69) is 57.5 Å². The minimum Gasteiger partial charge on any atom is -0.364 e. The van der Waals surface area contributed by atoms with Crippen LogP contribution in [0, 0.1) is 6.92 Å². The SMILES string of the molecule is CCc1cc(-c2cnc3c(Nc4cc(CN5CCCCC5(C)C)ns4)nc(C)cn23)c[nH]1. The Balaban J connectivity index is 1.40. The van der Waals surface area contributed by atoms with Crippen molar-refractivity contribution in [3.63, 3.8) is 0 Å². The Morgan fingerprint density at radius 1 is 1.25 bits per heavy atom. The molecule has 1 aliphatic heterocycles. The van der Waals surface area contributed by atoms with Gasteiger partial charge in [0, 0.05) is 35.7 Å². The van der Waals surface area contributed by atoms with Gasteiger partial charge in [-0.3, -0.25) is 9.30 Å². The highest BCUT2D eigenvalue weighted by Gasteiger charge is 2.30. The van der Waals surface area contributed by atoms with Gasteiger partial charge in [0.1, 0.15) is 5.00 Å². The van der Waals surface area contributed by atoms with E-state index in [1.54, 1.807) is 0 Å². The quantitative estimate of drug-likeness (QED) is 0.403. The zero-order chi connectivity index (χ0) is 22.3. The predicted octanol–water partition coefficient (Wildman–Crippen LogP) is 5.56. The van der Waals surface area contributed by atoms with Gasteiger partial charge in [0.25, 0.3) is 0 Å². The molecule has 0 radical (unpaired) electrons. The fourth-order valence-corrected chi connectivity index (χ4v) is 5.23. The summed E-state index contributed by atoms with van der Waals surface area (Å²) in [5.74, 6) is 0.760.